The molecule has 2 aliphatic heterocycles. The molecule has 2 atom stereocenters. The number of β-amino-alcohol motifs (C(OH)–C–C–N with tert-alkyl or cyclic N) is 1. The zero-order valence-corrected chi connectivity index (χ0v) is 12.9. The Balaban J connectivity index is 1.56. The molecule has 2 fully saturated rings. The number of anilines is 1. The van der Waals surface area contributed by atoms with E-state index in [9.17, 15) is 9.90 Å². The van der Waals surface area contributed by atoms with Crippen molar-refractivity contribution >= 4 is 11.6 Å². The number of nitrogens with one attached hydrogen (secondary N) is 1. The predicted molar refractivity (Wildman–Crippen MR) is 84.2 cm³/mol. The number of amides is 1. The average molecular weight is 305 g/mol. The van der Waals surface area contributed by atoms with Gasteiger partial charge in [-0.25, -0.2) is 0 Å². The van der Waals surface area contributed by atoms with Gasteiger partial charge in [0.2, 0.25) is 5.91 Å². The lowest BCUT2D eigenvalue weighted by Crippen LogP contribution is -2.53. The summed E-state index contributed by atoms with van der Waals surface area (Å²) in [5.41, 5.74) is 1.13. The fourth-order valence-corrected chi connectivity index (χ4v) is 3.12. The largest absolute Gasteiger partial charge is 0.497 e. The molecule has 6 nitrogen and oxygen atoms in total. The zero-order chi connectivity index (χ0) is 15.5. The molecule has 2 aliphatic rings. The van der Waals surface area contributed by atoms with Gasteiger partial charge >= 0.3 is 0 Å². The van der Waals surface area contributed by atoms with Crippen molar-refractivity contribution in [1.82, 2.24) is 10.2 Å². The fourth-order valence-electron chi connectivity index (χ4n) is 3.12. The number of hydrogen-bond donors (Lipinski definition) is 2. The van der Waals surface area contributed by atoms with Gasteiger partial charge in [0.15, 0.2) is 0 Å². The van der Waals surface area contributed by atoms with Gasteiger partial charge in [0.05, 0.1) is 19.3 Å². The van der Waals surface area contributed by atoms with Gasteiger partial charge in [-0.1, -0.05) is 6.07 Å². The summed E-state index contributed by atoms with van der Waals surface area (Å²) in [5, 5.41) is 12.6. The molecule has 2 heterocycles. The Hall–Kier alpha value is -1.79. The summed E-state index contributed by atoms with van der Waals surface area (Å²) in [6.07, 6.45) is 0.126. The van der Waals surface area contributed by atoms with E-state index in [-0.39, 0.29) is 11.9 Å². The number of nitrogens with zero attached hydrogens (tertiary/aromatic N) is 2. The summed E-state index contributed by atoms with van der Waals surface area (Å²) in [6.45, 7) is 3.57. The van der Waals surface area contributed by atoms with Gasteiger partial charge in [0, 0.05) is 44.5 Å². The van der Waals surface area contributed by atoms with Crippen LogP contribution in [0.1, 0.15) is 6.42 Å². The Labute approximate surface area is 130 Å². The molecule has 3 rings (SSSR count). The molecule has 0 bridgehead atoms. The Morgan fingerprint density at radius 1 is 1.32 bits per heavy atom. The number of rotatable bonds is 3. The van der Waals surface area contributed by atoms with Crippen LogP contribution in [0.2, 0.25) is 0 Å². The number of piperazine rings is 1. The molecule has 2 saturated heterocycles. The van der Waals surface area contributed by atoms with Crippen LogP contribution in [-0.2, 0) is 4.79 Å². The van der Waals surface area contributed by atoms with Crippen molar-refractivity contribution in [2.75, 3.05) is 44.7 Å². The summed E-state index contributed by atoms with van der Waals surface area (Å²) < 4.78 is 5.26. The highest BCUT2D eigenvalue weighted by atomic mass is 16.5. The molecule has 0 aliphatic carbocycles. The molecule has 120 valence electrons. The number of carbonyl (C=O) groups is 1. The summed E-state index contributed by atoms with van der Waals surface area (Å²) in [7, 11) is 1.67. The lowest BCUT2D eigenvalue weighted by atomic mass is 10.1. The molecule has 0 unspecified atom stereocenters. The minimum Gasteiger partial charge on any atom is -0.497 e. The summed E-state index contributed by atoms with van der Waals surface area (Å²) in [4.78, 5) is 16.6. The molecule has 0 radical (unpaired) electrons. The number of methoxy groups -OCH3 is 1. The summed E-state index contributed by atoms with van der Waals surface area (Å²) >= 11 is 0. The highest BCUT2D eigenvalue weighted by Crippen LogP contribution is 2.22. The highest BCUT2D eigenvalue weighted by molar-refractivity contribution is 5.82. The van der Waals surface area contributed by atoms with Gasteiger partial charge in [-0.15, -0.1) is 0 Å². The van der Waals surface area contributed by atoms with E-state index in [0.29, 0.717) is 26.1 Å². The second kappa shape index (κ2) is 6.54. The quantitative estimate of drug-likeness (QED) is 0.827. The first-order chi connectivity index (χ1) is 10.7. The lowest BCUT2D eigenvalue weighted by molar-refractivity contribution is -0.133. The summed E-state index contributed by atoms with van der Waals surface area (Å²) in [5.74, 6) is 0.960. The van der Waals surface area contributed by atoms with Gasteiger partial charge in [0.1, 0.15) is 5.75 Å². The fraction of sp³-hybridized carbons (Fsp3) is 0.562. The van der Waals surface area contributed by atoms with E-state index in [1.54, 1.807) is 7.11 Å². The van der Waals surface area contributed by atoms with Gasteiger partial charge in [-0.05, 0) is 18.6 Å². The first-order valence-corrected chi connectivity index (χ1v) is 7.76. The molecular formula is C16H23N3O3. The van der Waals surface area contributed by atoms with E-state index >= 15 is 0 Å². The topological polar surface area (TPSA) is 65.0 Å². The van der Waals surface area contributed by atoms with Crippen molar-refractivity contribution in [1.29, 1.82) is 0 Å². The van der Waals surface area contributed by atoms with E-state index in [2.05, 4.69) is 16.3 Å². The lowest BCUT2D eigenvalue weighted by Gasteiger charge is -2.37. The number of ether oxygens (including phenoxy) is 1. The van der Waals surface area contributed by atoms with Crippen LogP contribution in [0, 0.1) is 0 Å². The molecule has 2 N–H and O–H groups in total. The molecule has 1 amide bonds. The van der Waals surface area contributed by atoms with E-state index < -0.39 is 6.10 Å². The molecule has 6 heteroatoms. The second-order valence-electron chi connectivity index (χ2n) is 5.86. The van der Waals surface area contributed by atoms with E-state index in [1.807, 2.05) is 23.1 Å². The van der Waals surface area contributed by atoms with Crippen molar-refractivity contribution in [3.8, 4) is 5.75 Å². The minimum atomic E-state index is -0.396. The molecule has 0 saturated carbocycles. The number of carbonyl (C=O) groups excluding carboxylic acids is 1. The maximum Gasteiger partial charge on any atom is 0.239 e. The Morgan fingerprint density at radius 2 is 2.09 bits per heavy atom. The SMILES string of the molecule is COc1cccc(N2CCN(C(=O)[C@@H]3C[C@H](O)CN3)CC2)c1. The summed E-state index contributed by atoms with van der Waals surface area (Å²) in [6, 6.07) is 7.77. The molecule has 0 aromatic heterocycles. The van der Waals surface area contributed by atoms with Gasteiger partial charge in [-0.3, -0.25) is 4.79 Å². The Bertz CT molecular complexity index is 529. The van der Waals surface area contributed by atoms with Crippen LogP contribution in [0.5, 0.6) is 5.75 Å². The maximum atomic E-state index is 12.4. The van der Waals surface area contributed by atoms with E-state index in [1.165, 1.54) is 0 Å². The van der Waals surface area contributed by atoms with E-state index in [0.717, 1.165) is 24.5 Å². The predicted octanol–water partition coefficient (Wildman–Crippen LogP) is 0.0666. The van der Waals surface area contributed by atoms with Crippen molar-refractivity contribution in [2.24, 2.45) is 0 Å². The first kappa shape index (κ1) is 15.1. The van der Waals surface area contributed by atoms with Crippen molar-refractivity contribution < 1.29 is 14.6 Å². The first-order valence-electron chi connectivity index (χ1n) is 7.76. The molecule has 22 heavy (non-hydrogen) atoms. The normalized spacial score (nSPS) is 25.4. The van der Waals surface area contributed by atoms with Crippen molar-refractivity contribution in [3.63, 3.8) is 0 Å². The maximum absolute atomic E-state index is 12.4. The highest BCUT2D eigenvalue weighted by Gasteiger charge is 2.32. The molecular weight excluding hydrogens is 282 g/mol. The minimum absolute atomic E-state index is 0.113. The number of aliphatic hydroxyl groups excluding tert-OH is 1. The molecule has 0 spiro atoms. The van der Waals surface area contributed by atoms with Crippen molar-refractivity contribution in [2.45, 2.75) is 18.6 Å². The average Bonchev–Trinajstić information content (AvgIpc) is 3.01. The Morgan fingerprint density at radius 3 is 2.73 bits per heavy atom. The standard InChI is InChI=1S/C16H23N3O3/c1-22-14-4-2-3-12(9-14)18-5-7-19(8-6-18)16(21)15-10-13(20)11-17-15/h2-4,9,13,15,17,20H,5-8,10-11H2,1H3/t13-,15-/m0/s1. The van der Waals surface area contributed by atoms with Crippen LogP contribution in [0.4, 0.5) is 5.69 Å². The third-order valence-electron chi connectivity index (χ3n) is 4.42. The van der Waals surface area contributed by atoms with E-state index in [4.69, 9.17) is 4.74 Å². The van der Waals surface area contributed by atoms with Gasteiger partial charge < -0.3 is 25.0 Å². The monoisotopic (exact) mass is 305 g/mol. The Kier molecular flexibility index (Phi) is 4.49. The van der Waals surface area contributed by atoms with Crippen LogP contribution >= 0.6 is 0 Å². The van der Waals surface area contributed by atoms with Gasteiger partial charge in [-0.2, -0.15) is 0 Å². The number of hydrogen-bond acceptors (Lipinski definition) is 5. The third-order valence-corrected chi connectivity index (χ3v) is 4.42. The number of benzene rings is 1. The van der Waals surface area contributed by atoms with Crippen LogP contribution < -0.4 is 15.0 Å². The smallest absolute Gasteiger partial charge is 0.239 e. The third kappa shape index (κ3) is 3.18. The van der Waals surface area contributed by atoms with Gasteiger partial charge in [0.25, 0.3) is 0 Å². The van der Waals surface area contributed by atoms with Crippen LogP contribution in [0.15, 0.2) is 24.3 Å². The van der Waals surface area contributed by atoms with Crippen molar-refractivity contribution in [3.05, 3.63) is 24.3 Å². The van der Waals surface area contributed by atoms with Crippen LogP contribution in [0.25, 0.3) is 0 Å². The van der Waals surface area contributed by atoms with Crippen LogP contribution in [0.3, 0.4) is 0 Å². The van der Waals surface area contributed by atoms with Crippen LogP contribution in [-0.4, -0.2) is 67.9 Å². The molecule has 1 aromatic carbocycles. The number of aliphatic hydroxyl groups is 1. The zero-order valence-electron chi connectivity index (χ0n) is 12.9. The molecule has 1 aromatic rings. The second-order valence-corrected chi connectivity index (χ2v) is 5.86.